The molecule has 1 fully saturated rings. The van der Waals surface area contributed by atoms with Gasteiger partial charge < -0.3 is 10.6 Å². The number of benzene rings is 1. The molecule has 0 radical (unpaired) electrons. The molecule has 2 N–H and O–H groups in total. The van der Waals surface area contributed by atoms with Crippen LogP contribution in [0.5, 0.6) is 0 Å². The summed E-state index contributed by atoms with van der Waals surface area (Å²) in [5, 5.41) is 13.8. The highest BCUT2D eigenvalue weighted by atomic mass is 19.1. The molecule has 0 bridgehead atoms. The number of pyridine rings is 1. The van der Waals surface area contributed by atoms with Crippen molar-refractivity contribution in [2.24, 2.45) is 0 Å². The van der Waals surface area contributed by atoms with Crippen molar-refractivity contribution in [3.05, 3.63) is 71.3 Å². The first-order chi connectivity index (χ1) is 15.9. The van der Waals surface area contributed by atoms with Crippen LogP contribution < -0.4 is 10.6 Å². The van der Waals surface area contributed by atoms with E-state index < -0.39 is 30.0 Å². The predicted octanol–water partition coefficient (Wildman–Crippen LogP) is 4.17. The molecule has 1 aromatic carbocycles. The van der Waals surface area contributed by atoms with Crippen molar-refractivity contribution in [3.8, 4) is 11.3 Å². The average Bonchev–Trinajstić information content (AvgIpc) is 2.80. The minimum Gasteiger partial charge on any atom is -0.368 e. The largest absolute Gasteiger partial charge is 0.368 e. The number of aromatic nitrogens is 3. The minimum absolute atomic E-state index is 0.113. The zero-order valence-electron chi connectivity index (χ0n) is 18.1. The van der Waals surface area contributed by atoms with Crippen LogP contribution in [-0.2, 0) is 5.41 Å². The molecule has 172 valence electrons. The van der Waals surface area contributed by atoms with Crippen molar-refractivity contribution in [1.29, 1.82) is 0 Å². The fourth-order valence-corrected chi connectivity index (χ4v) is 4.21. The molecular formula is C24H24F3N5O. The van der Waals surface area contributed by atoms with Crippen LogP contribution in [0.15, 0.2) is 48.7 Å². The number of carbonyl (C=O) groups excluding carboxylic acids is 1. The number of carbonyl (C=O) groups is 1. The van der Waals surface area contributed by atoms with Gasteiger partial charge in [-0.15, -0.1) is 10.2 Å². The smallest absolute Gasteiger partial charge is 0.251 e. The second-order valence-corrected chi connectivity index (χ2v) is 8.25. The van der Waals surface area contributed by atoms with Gasteiger partial charge in [-0.3, -0.25) is 9.78 Å². The molecule has 9 heteroatoms. The molecule has 2 heterocycles. The van der Waals surface area contributed by atoms with E-state index in [-0.39, 0.29) is 23.4 Å². The molecule has 2 aromatic heterocycles. The van der Waals surface area contributed by atoms with Crippen molar-refractivity contribution in [3.63, 3.8) is 0 Å². The minimum atomic E-state index is -0.862. The molecule has 0 saturated heterocycles. The molecular weight excluding hydrogens is 431 g/mol. The zero-order valence-corrected chi connectivity index (χ0v) is 18.1. The highest BCUT2D eigenvalue weighted by Crippen LogP contribution is 2.45. The second-order valence-electron chi connectivity index (χ2n) is 8.25. The Morgan fingerprint density at radius 2 is 2.00 bits per heavy atom. The molecule has 1 amide bonds. The van der Waals surface area contributed by atoms with Gasteiger partial charge in [-0.2, -0.15) is 0 Å². The maximum Gasteiger partial charge on any atom is 0.251 e. The summed E-state index contributed by atoms with van der Waals surface area (Å²) in [7, 11) is 0. The van der Waals surface area contributed by atoms with Crippen LogP contribution in [0.2, 0.25) is 0 Å². The standard InChI is InChI=1S/C24H24F3N5O/c1-15-3-2-9-28-22(15)24(12-17(26)13-24)14-30-21-7-6-20(31-32-21)18-11-16(4-5-19(18)27)23(33)29-10-8-25/h2-7,9,11,17H,8,10,12-14H2,1H3,(H,29,33)(H,30,32)/t17-,24-. The monoisotopic (exact) mass is 455 g/mol. The highest BCUT2D eigenvalue weighted by molar-refractivity contribution is 5.95. The van der Waals surface area contributed by atoms with Gasteiger partial charge in [0.05, 0.1) is 11.4 Å². The Hall–Kier alpha value is -3.49. The van der Waals surface area contributed by atoms with Crippen LogP contribution in [0.3, 0.4) is 0 Å². The van der Waals surface area contributed by atoms with Crippen molar-refractivity contribution in [1.82, 2.24) is 20.5 Å². The van der Waals surface area contributed by atoms with Crippen LogP contribution in [-0.4, -0.2) is 47.0 Å². The van der Waals surface area contributed by atoms with Gasteiger partial charge in [0.25, 0.3) is 5.91 Å². The van der Waals surface area contributed by atoms with Gasteiger partial charge in [0.15, 0.2) is 0 Å². The van der Waals surface area contributed by atoms with Gasteiger partial charge >= 0.3 is 0 Å². The molecule has 0 unspecified atom stereocenters. The Labute approximate surface area is 189 Å². The zero-order chi connectivity index (χ0) is 23.4. The summed E-state index contributed by atoms with van der Waals surface area (Å²) in [4.78, 5) is 16.5. The molecule has 1 aliphatic carbocycles. The second kappa shape index (κ2) is 9.56. The summed E-state index contributed by atoms with van der Waals surface area (Å²) < 4.78 is 40.5. The lowest BCUT2D eigenvalue weighted by atomic mass is 9.64. The van der Waals surface area contributed by atoms with Crippen LogP contribution in [0.4, 0.5) is 19.0 Å². The molecule has 0 aliphatic heterocycles. The third-order valence-electron chi connectivity index (χ3n) is 5.89. The topological polar surface area (TPSA) is 79.8 Å². The fourth-order valence-electron chi connectivity index (χ4n) is 4.21. The van der Waals surface area contributed by atoms with Crippen molar-refractivity contribution >= 4 is 11.7 Å². The van der Waals surface area contributed by atoms with E-state index in [1.165, 1.54) is 12.1 Å². The van der Waals surface area contributed by atoms with Crippen molar-refractivity contribution in [2.75, 3.05) is 25.1 Å². The third kappa shape index (κ3) is 4.81. The van der Waals surface area contributed by atoms with Gasteiger partial charge in [-0.25, -0.2) is 13.2 Å². The summed E-state index contributed by atoms with van der Waals surface area (Å²) in [6.45, 7) is 1.60. The van der Waals surface area contributed by atoms with Crippen molar-refractivity contribution < 1.29 is 18.0 Å². The number of halogens is 3. The van der Waals surface area contributed by atoms with E-state index in [2.05, 4.69) is 25.8 Å². The Balaban J connectivity index is 1.49. The number of nitrogens with zero attached hydrogens (tertiary/aromatic N) is 3. The van der Waals surface area contributed by atoms with Gasteiger partial charge in [-0.1, -0.05) is 6.07 Å². The van der Waals surface area contributed by atoms with Crippen LogP contribution >= 0.6 is 0 Å². The average molecular weight is 455 g/mol. The van der Waals surface area contributed by atoms with Crippen LogP contribution in [0, 0.1) is 12.7 Å². The van der Waals surface area contributed by atoms with Crippen molar-refractivity contribution in [2.45, 2.75) is 31.4 Å². The molecule has 0 spiro atoms. The summed E-state index contributed by atoms with van der Waals surface area (Å²) in [5.74, 6) is -0.590. The van der Waals surface area contributed by atoms with Gasteiger partial charge in [0.2, 0.25) is 0 Å². The molecule has 33 heavy (non-hydrogen) atoms. The summed E-state index contributed by atoms with van der Waals surface area (Å²) in [6.07, 6.45) is 1.61. The number of hydrogen-bond acceptors (Lipinski definition) is 5. The number of amides is 1. The Bertz CT molecular complexity index is 1130. The van der Waals surface area contributed by atoms with E-state index in [1.807, 2.05) is 19.1 Å². The van der Waals surface area contributed by atoms with E-state index in [0.29, 0.717) is 25.2 Å². The number of hydrogen-bond donors (Lipinski definition) is 2. The quantitative estimate of drug-likeness (QED) is 0.533. The van der Waals surface area contributed by atoms with E-state index in [4.69, 9.17) is 0 Å². The predicted molar refractivity (Wildman–Crippen MR) is 119 cm³/mol. The Kier molecular flexibility index (Phi) is 6.57. The lowest BCUT2D eigenvalue weighted by Crippen LogP contribution is -2.48. The lowest BCUT2D eigenvalue weighted by Gasteiger charge is -2.44. The van der Waals surface area contributed by atoms with E-state index in [0.717, 1.165) is 17.3 Å². The SMILES string of the molecule is Cc1cccnc1[C@]1(CNc2ccc(-c3cc(C(=O)NCCF)ccc3F)nn2)C[C@@H](F)C1. The number of anilines is 1. The number of rotatable bonds is 8. The maximum absolute atomic E-state index is 14.4. The number of alkyl halides is 2. The maximum atomic E-state index is 14.4. The van der Waals surface area contributed by atoms with E-state index in [1.54, 1.807) is 18.3 Å². The first kappa shape index (κ1) is 22.7. The Morgan fingerprint density at radius 3 is 2.67 bits per heavy atom. The first-order valence-corrected chi connectivity index (χ1v) is 10.7. The molecule has 3 aromatic rings. The van der Waals surface area contributed by atoms with Gasteiger partial charge in [0.1, 0.15) is 24.5 Å². The third-order valence-corrected chi connectivity index (χ3v) is 5.89. The normalized spacial score (nSPS) is 19.6. The first-order valence-electron chi connectivity index (χ1n) is 10.7. The lowest BCUT2D eigenvalue weighted by molar-refractivity contribution is 0.0950. The molecule has 0 atom stereocenters. The van der Waals surface area contributed by atoms with Crippen LogP contribution in [0.25, 0.3) is 11.3 Å². The Morgan fingerprint density at radius 1 is 1.18 bits per heavy atom. The van der Waals surface area contributed by atoms with E-state index >= 15 is 0 Å². The van der Waals surface area contributed by atoms with Gasteiger partial charge in [0, 0.05) is 35.8 Å². The molecule has 4 rings (SSSR count). The molecule has 6 nitrogen and oxygen atoms in total. The molecule has 1 saturated carbocycles. The summed E-state index contributed by atoms with van der Waals surface area (Å²) in [6, 6.07) is 10.9. The van der Waals surface area contributed by atoms with E-state index in [9.17, 15) is 18.0 Å². The summed E-state index contributed by atoms with van der Waals surface area (Å²) >= 11 is 0. The number of aryl methyl sites for hydroxylation is 1. The fraction of sp³-hybridized carbons (Fsp3) is 0.333. The molecule has 1 aliphatic rings. The highest BCUT2D eigenvalue weighted by Gasteiger charge is 2.47. The van der Waals surface area contributed by atoms with Crippen LogP contribution in [0.1, 0.15) is 34.5 Å². The summed E-state index contributed by atoms with van der Waals surface area (Å²) in [5.41, 5.74) is 2.03. The number of nitrogens with one attached hydrogen (secondary N) is 2. The van der Waals surface area contributed by atoms with Gasteiger partial charge in [-0.05, 0) is 61.7 Å².